The maximum Gasteiger partial charge on any atom is 0.247 e. The van der Waals surface area contributed by atoms with Crippen LogP contribution in [-0.4, -0.2) is 46.9 Å². The summed E-state index contributed by atoms with van der Waals surface area (Å²) in [5, 5.41) is 7.64. The molecule has 1 atom stereocenters. The first-order valence-corrected chi connectivity index (χ1v) is 10.0. The van der Waals surface area contributed by atoms with Crippen molar-refractivity contribution in [1.82, 2.24) is 14.7 Å². The number of rotatable bonds is 5. The van der Waals surface area contributed by atoms with E-state index >= 15 is 0 Å². The van der Waals surface area contributed by atoms with Crippen LogP contribution < -0.4 is 5.32 Å². The first-order chi connectivity index (χ1) is 13.6. The highest BCUT2D eigenvalue weighted by molar-refractivity contribution is 5.95. The van der Waals surface area contributed by atoms with E-state index in [0.717, 1.165) is 18.5 Å². The molecule has 2 heterocycles. The monoisotopic (exact) mass is 386 g/mol. The van der Waals surface area contributed by atoms with Crippen LogP contribution in [0.15, 0.2) is 30.3 Å². The molecule has 6 nitrogen and oxygen atoms in total. The molecule has 2 fully saturated rings. The molecule has 1 aliphatic carbocycles. The van der Waals surface area contributed by atoms with Gasteiger partial charge >= 0.3 is 0 Å². The van der Waals surface area contributed by atoms with Crippen molar-refractivity contribution in [2.45, 2.75) is 37.6 Å². The number of halogens is 1. The van der Waals surface area contributed by atoms with E-state index in [1.807, 2.05) is 18.0 Å². The lowest BCUT2D eigenvalue weighted by Crippen LogP contribution is -2.44. The van der Waals surface area contributed by atoms with Crippen molar-refractivity contribution < 1.29 is 13.9 Å². The molecule has 1 aromatic heterocycles. The van der Waals surface area contributed by atoms with Crippen LogP contribution in [0.25, 0.3) is 0 Å². The van der Waals surface area contributed by atoms with E-state index in [9.17, 15) is 9.18 Å². The summed E-state index contributed by atoms with van der Waals surface area (Å²) in [5.74, 6) is 0.651. The van der Waals surface area contributed by atoms with Gasteiger partial charge in [-0.25, -0.2) is 4.39 Å². The third-order valence-corrected chi connectivity index (χ3v) is 5.75. The first-order valence-electron chi connectivity index (χ1n) is 10.0. The summed E-state index contributed by atoms with van der Waals surface area (Å²) in [6.07, 6.45) is 4.79. The van der Waals surface area contributed by atoms with Gasteiger partial charge in [0.25, 0.3) is 0 Å². The highest BCUT2D eigenvalue weighted by atomic mass is 19.1. The Labute approximate surface area is 164 Å². The second-order valence-corrected chi connectivity index (χ2v) is 7.65. The molecule has 1 saturated carbocycles. The molecule has 1 aromatic carbocycles. The number of amides is 1. The number of carbonyl (C=O) groups excluding carboxylic acids is 1. The van der Waals surface area contributed by atoms with Gasteiger partial charge in [0.2, 0.25) is 5.91 Å². The van der Waals surface area contributed by atoms with Gasteiger partial charge < -0.3 is 10.1 Å². The minimum absolute atomic E-state index is 0.173. The Hall–Kier alpha value is -2.25. The molecule has 4 rings (SSSR count). The van der Waals surface area contributed by atoms with Gasteiger partial charge in [0.05, 0.1) is 18.9 Å². The van der Waals surface area contributed by atoms with Crippen LogP contribution in [0, 0.1) is 5.82 Å². The van der Waals surface area contributed by atoms with Crippen molar-refractivity contribution in [3.05, 3.63) is 47.4 Å². The molecule has 1 amide bonds. The second-order valence-electron chi connectivity index (χ2n) is 7.65. The summed E-state index contributed by atoms with van der Waals surface area (Å²) >= 11 is 0. The van der Waals surface area contributed by atoms with Crippen molar-refractivity contribution in [3.8, 4) is 0 Å². The lowest BCUT2D eigenvalue weighted by atomic mass is 10.0. The molecule has 0 radical (unpaired) electrons. The molecule has 150 valence electrons. The number of hydrogen-bond donors (Lipinski definition) is 1. The molecule has 0 bridgehead atoms. The van der Waals surface area contributed by atoms with Gasteiger partial charge in [0.1, 0.15) is 17.7 Å². The third kappa shape index (κ3) is 4.10. The predicted molar refractivity (Wildman–Crippen MR) is 105 cm³/mol. The van der Waals surface area contributed by atoms with Crippen LogP contribution in [0.1, 0.15) is 48.9 Å². The van der Waals surface area contributed by atoms with E-state index in [2.05, 4.69) is 10.4 Å². The van der Waals surface area contributed by atoms with Gasteiger partial charge in [-0.2, -0.15) is 5.10 Å². The summed E-state index contributed by atoms with van der Waals surface area (Å²) in [4.78, 5) is 15.3. The first kappa shape index (κ1) is 19.1. The van der Waals surface area contributed by atoms with Crippen molar-refractivity contribution in [2.24, 2.45) is 7.05 Å². The van der Waals surface area contributed by atoms with Gasteiger partial charge in [0.15, 0.2) is 0 Å². The summed E-state index contributed by atoms with van der Waals surface area (Å²) in [6.45, 7) is 2.40. The maximum atomic E-state index is 13.8. The van der Waals surface area contributed by atoms with Crippen LogP contribution in [0.4, 0.5) is 10.2 Å². The van der Waals surface area contributed by atoms with Crippen LogP contribution in [0.3, 0.4) is 0 Å². The fourth-order valence-electron chi connectivity index (χ4n) is 4.26. The Morgan fingerprint density at radius 2 is 2.00 bits per heavy atom. The predicted octanol–water partition coefficient (Wildman–Crippen LogP) is 3.23. The zero-order valence-electron chi connectivity index (χ0n) is 16.2. The number of morpholine rings is 1. The highest BCUT2D eigenvalue weighted by Gasteiger charge is 2.30. The van der Waals surface area contributed by atoms with E-state index in [0.29, 0.717) is 43.6 Å². The van der Waals surface area contributed by atoms with E-state index in [1.54, 1.807) is 16.8 Å². The van der Waals surface area contributed by atoms with Gasteiger partial charge in [-0.1, -0.05) is 25.0 Å². The zero-order chi connectivity index (χ0) is 19.5. The Morgan fingerprint density at radius 1 is 1.25 bits per heavy atom. The molecule has 1 saturated heterocycles. The van der Waals surface area contributed by atoms with E-state index in [4.69, 9.17) is 4.74 Å². The smallest absolute Gasteiger partial charge is 0.247 e. The quantitative estimate of drug-likeness (QED) is 0.857. The van der Waals surface area contributed by atoms with Crippen molar-refractivity contribution in [1.29, 1.82) is 0 Å². The molecular weight excluding hydrogens is 359 g/mol. The van der Waals surface area contributed by atoms with Crippen LogP contribution in [0.2, 0.25) is 0 Å². The molecule has 1 N–H and O–H groups in total. The van der Waals surface area contributed by atoms with Crippen LogP contribution in [-0.2, 0) is 16.6 Å². The molecule has 28 heavy (non-hydrogen) atoms. The Balaban J connectivity index is 1.57. The zero-order valence-corrected chi connectivity index (χ0v) is 16.2. The molecular formula is C21H27FN4O2. The maximum absolute atomic E-state index is 13.8. The fraction of sp³-hybridized carbons (Fsp3) is 0.524. The second kappa shape index (κ2) is 8.41. The number of benzene rings is 1. The van der Waals surface area contributed by atoms with Crippen molar-refractivity contribution in [3.63, 3.8) is 0 Å². The molecule has 7 heteroatoms. The van der Waals surface area contributed by atoms with E-state index in [1.165, 1.54) is 25.0 Å². The SMILES string of the molecule is Cn1nc(C2CCCC2)cc1NC(=O)C(c1cccc(F)c1)N1CCOCC1. The van der Waals surface area contributed by atoms with Crippen LogP contribution in [0.5, 0.6) is 0 Å². The molecule has 2 aliphatic rings. The number of ether oxygens (including phenoxy) is 1. The standard InChI is InChI=1S/C21H27FN4O2/c1-25-19(14-18(24-25)15-5-2-3-6-15)23-21(27)20(26-9-11-28-12-10-26)16-7-4-8-17(22)13-16/h4,7-8,13-15,20H,2-3,5-6,9-12H2,1H3,(H,23,27). The summed E-state index contributed by atoms with van der Waals surface area (Å²) in [7, 11) is 1.85. The lowest BCUT2D eigenvalue weighted by Gasteiger charge is -2.33. The average Bonchev–Trinajstić information content (AvgIpc) is 3.33. The molecule has 1 unspecified atom stereocenters. The Bertz CT molecular complexity index is 826. The minimum Gasteiger partial charge on any atom is -0.379 e. The molecule has 0 spiro atoms. The Kier molecular flexibility index (Phi) is 5.73. The number of aryl methyl sites for hydroxylation is 1. The fourth-order valence-corrected chi connectivity index (χ4v) is 4.26. The van der Waals surface area contributed by atoms with Crippen LogP contribution >= 0.6 is 0 Å². The highest BCUT2D eigenvalue weighted by Crippen LogP contribution is 2.34. The van der Waals surface area contributed by atoms with E-state index < -0.39 is 6.04 Å². The minimum atomic E-state index is -0.565. The van der Waals surface area contributed by atoms with Gasteiger partial charge in [0, 0.05) is 32.1 Å². The van der Waals surface area contributed by atoms with Crippen molar-refractivity contribution >= 4 is 11.7 Å². The number of hydrogen-bond acceptors (Lipinski definition) is 4. The van der Waals surface area contributed by atoms with Gasteiger partial charge in [-0.3, -0.25) is 14.4 Å². The number of aromatic nitrogens is 2. The number of nitrogens with zero attached hydrogens (tertiary/aromatic N) is 3. The number of anilines is 1. The van der Waals surface area contributed by atoms with Gasteiger partial charge in [-0.15, -0.1) is 0 Å². The lowest BCUT2D eigenvalue weighted by molar-refractivity contribution is -0.123. The number of nitrogens with one attached hydrogen (secondary N) is 1. The summed E-state index contributed by atoms with van der Waals surface area (Å²) in [5.41, 5.74) is 1.70. The third-order valence-electron chi connectivity index (χ3n) is 5.75. The molecule has 1 aliphatic heterocycles. The number of carbonyl (C=O) groups is 1. The summed E-state index contributed by atoms with van der Waals surface area (Å²) < 4.78 is 21.0. The molecule has 2 aromatic rings. The Morgan fingerprint density at radius 3 is 2.71 bits per heavy atom. The topological polar surface area (TPSA) is 59.4 Å². The summed E-state index contributed by atoms with van der Waals surface area (Å²) in [6, 6.07) is 7.70. The largest absolute Gasteiger partial charge is 0.379 e. The average molecular weight is 386 g/mol. The normalized spacial score (nSPS) is 19.6. The van der Waals surface area contributed by atoms with Gasteiger partial charge in [-0.05, 0) is 30.5 Å². The van der Waals surface area contributed by atoms with Crippen molar-refractivity contribution in [2.75, 3.05) is 31.6 Å². The van der Waals surface area contributed by atoms with E-state index in [-0.39, 0.29) is 11.7 Å².